The molecule has 2 heterocycles. The maximum absolute atomic E-state index is 6.14. The molecule has 0 aromatic carbocycles. The monoisotopic (exact) mass is 290 g/mol. The van der Waals surface area contributed by atoms with Crippen molar-refractivity contribution in [3.05, 3.63) is 23.7 Å². The third-order valence-corrected chi connectivity index (χ3v) is 5.46. The first kappa shape index (κ1) is 15.1. The molecule has 21 heavy (non-hydrogen) atoms. The van der Waals surface area contributed by atoms with Gasteiger partial charge in [-0.15, -0.1) is 0 Å². The fourth-order valence-electron chi connectivity index (χ4n) is 3.87. The predicted molar refractivity (Wildman–Crippen MR) is 86.2 cm³/mol. The molecule has 3 rings (SSSR count). The second-order valence-corrected chi connectivity index (χ2v) is 7.08. The summed E-state index contributed by atoms with van der Waals surface area (Å²) < 4.78 is 6.14. The maximum atomic E-state index is 6.14. The van der Waals surface area contributed by atoms with Gasteiger partial charge in [0.2, 0.25) is 0 Å². The van der Waals surface area contributed by atoms with Crippen LogP contribution >= 0.6 is 0 Å². The van der Waals surface area contributed by atoms with Gasteiger partial charge in [0.05, 0.1) is 6.04 Å². The first-order chi connectivity index (χ1) is 10.2. The van der Waals surface area contributed by atoms with Crippen LogP contribution in [0.1, 0.15) is 69.4 Å². The van der Waals surface area contributed by atoms with Crippen LogP contribution in [-0.4, -0.2) is 24.5 Å². The van der Waals surface area contributed by atoms with Gasteiger partial charge in [-0.05, 0) is 56.3 Å². The highest BCUT2D eigenvalue weighted by Crippen LogP contribution is 2.47. The van der Waals surface area contributed by atoms with Crippen molar-refractivity contribution >= 4 is 0 Å². The van der Waals surface area contributed by atoms with Crippen LogP contribution in [0.15, 0.2) is 16.5 Å². The van der Waals surface area contributed by atoms with E-state index in [9.17, 15) is 0 Å². The topological polar surface area (TPSA) is 42.4 Å². The number of hydrogen-bond acceptors (Lipinski definition) is 3. The smallest absolute Gasteiger partial charge is 0.122 e. The molecule has 1 aliphatic heterocycles. The number of nitrogens with zero attached hydrogens (tertiary/aromatic N) is 1. The molecular formula is C18H30N2O. The SMILES string of the molecule is CCCC1CCN(C(CN)c2ccc(C3CC3C)o2)CC1. The van der Waals surface area contributed by atoms with Crippen LogP contribution in [0.25, 0.3) is 0 Å². The van der Waals surface area contributed by atoms with E-state index in [2.05, 4.69) is 30.9 Å². The van der Waals surface area contributed by atoms with Crippen molar-refractivity contribution in [3.63, 3.8) is 0 Å². The van der Waals surface area contributed by atoms with Crippen LogP contribution in [0.2, 0.25) is 0 Å². The summed E-state index contributed by atoms with van der Waals surface area (Å²) in [5.74, 6) is 4.64. The molecule has 2 N–H and O–H groups in total. The third-order valence-electron chi connectivity index (χ3n) is 5.46. The van der Waals surface area contributed by atoms with Gasteiger partial charge in [-0.1, -0.05) is 26.7 Å². The Balaban J connectivity index is 1.61. The lowest BCUT2D eigenvalue weighted by atomic mass is 9.91. The van der Waals surface area contributed by atoms with Gasteiger partial charge in [-0.25, -0.2) is 0 Å². The Morgan fingerprint density at radius 3 is 2.62 bits per heavy atom. The Morgan fingerprint density at radius 1 is 1.33 bits per heavy atom. The van der Waals surface area contributed by atoms with E-state index in [0.717, 1.165) is 17.6 Å². The summed E-state index contributed by atoms with van der Waals surface area (Å²) in [4.78, 5) is 2.53. The molecule has 118 valence electrons. The van der Waals surface area contributed by atoms with E-state index in [1.54, 1.807) is 0 Å². The van der Waals surface area contributed by atoms with E-state index in [1.165, 1.54) is 51.0 Å². The zero-order chi connectivity index (χ0) is 14.8. The van der Waals surface area contributed by atoms with Crippen LogP contribution in [0.5, 0.6) is 0 Å². The molecule has 3 nitrogen and oxygen atoms in total. The Bertz CT molecular complexity index is 448. The lowest BCUT2D eigenvalue weighted by Gasteiger charge is -2.36. The molecular weight excluding hydrogens is 260 g/mol. The molecule has 0 amide bonds. The predicted octanol–water partition coefficient (Wildman–Crippen LogP) is 3.91. The fraction of sp³-hybridized carbons (Fsp3) is 0.778. The first-order valence-corrected chi connectivity index (χ1v) is 8.76. The summed E-state index contributed by atoms with van der Waals surface area (Å²) in [6.45, 7) is 7.58. The number of likely N-dealkylation sites (tertiary alicyclic amines) is 1. The van der Waals surface area contributed by atoms with Gasteiger partial charge in [0.25, 0.3) is 0 Å². The number of piperidine rings is 1. The molecule has 0 spiro atoms. The lowest BCUT2D eigenvalue weighted by Crippen LogP contribution is -2.39. The molecule has 0 bridgehead atoms. The molecule has 1 aromatic heterocycles. The second-order valence-electron chi connectivity index (χ2n) is 7.08. The maximum Gasteiger partial charge on any atom is 0.122 e. The largest absolute Gasteiger partial charge is 0.464 e. The summed E-state index contributed by atoms with van der Waals surface area (Å²) in [5, 5.41) is 0. The minimum absolute atomic E-state index is 0.274. The zero-order valence-electron chi connectivity index (χ0n) is 13.6. The summed E-state index contributed by atoms with van der Waals surface area (Å²) in [6.07, 6.45) is 6.61. The van der Waals surface area contributed by atoms with E-state index in [-0.39, 0.29) is 6.04 Å². The molecule has 1 saturated heterocycles. The highest BCUT2D eigenvalue weighted by molar-refractivity contribution is 5.19. The van der Waals surface area contributed by atoms with Gasteiger partial charge >= 0.3 is 0 Å². The number of nitrogens with two attached hydrogens (primary N) is 1. The average molecular weight is 290 g/mol. The number of furan rings is 1. The number of hydrogen-bond donors (Lipinski definition) is 1. The van der Waals surface area contributed by atoms with Crippen molar-refractivity contribution in [3.8, 4) is 0 Å². The minimum atomic E-state index is 0.274. The standard InChI is InChI=1S/C18H30N2O/c1-3-4-14-7-9-20(10-8-14)16(12-19)18-6-5-17(21-18)15-11-13(15)2/h5-6,13-16H,3-4,7-12,19H2,1-2H3. The highest BCUT2D eigenvalue weighted by Gasteiger charge is 2.37. The molecule has 3 heteroatoms. The Hall–Kier alpha value is -0.800. The van der Waals surface area contributed by atoms with E-state index < -0.39 is 0 Å². The second kappa shape index (κ2) is 6.53. The fourth-order valence-corrected chi connectivity index (χ4v) is 3.87. The van der Waals surface area contributed by atoms with Gasteiger partial charge < -0.3 is 10.2 Å². The Kier molecular flexibility index (Phi) is 4.70. The molecule has 0 radical (unpaired) electrons. The van der Waals surface area contributed by atoms with Crippen molar-refractivity contribution < 1.29 is 4.42 Å². The summed E-state index contributed by atoms with van der Waals surface area (Å²) in [7, 11) is 0. The van der Waals surface area contributed by atoms with Crippen LogP contribution in [-0.2, 0) is 0 Å². The molecule has 3 atom stereocenters. The first-order valence-electron chi connectivity index (χ1n) is 8.76. The minimum Gasteiger partial charge on any atom is -0.464 e. The van der Waals surface area contributed by atoms with Crippen LogP contribution in [0, 0.1) is 11.8 Å². The molecule has 2 fully saturated rings. The van der Waals surface area contributed by atoms with Gasteiger partial charge in [-0.2, -0.15) is 0 Å². The van der Waals surface area contributed by atoms with E-state index in [1.807, 2.05) is 0 Å². The lowest BCUT2D eigenvalue weighted by molar-refractivity contribution is 0.118. The summed E-state index contributed by atoms with van der Waals surface area (Å²) >= 11 is 0. The molecule has 1 saturated carbocycles. The van der Waals surface area contributed by atoms with E-state index in [0.29, 0.717) is 12.5 Å². The quantitative estimate of drug-likeness (QED) is 0.863. The van der Waals surface area contributed by atoms with Gasteiger partial charge in [0.1, 0.15) is 11.5 Å². The van der Waals surface area contributed by atoms with Crippen molar-refractivity contribution in [1.82, 2.24) is 4.90 Å². The third kappa shape index (κ3) is 3.35. The molecule has 3 unspecified atom stereocenters. The van der Waals surface area contributed by atoms with Crippen molar-refractivity contribution in [2.24, 2.45) is 17.6 Å². The van der Waals surface area contributed by atoms with Gasteiger partial charge in [0, 0.05) is 12.5 Å². The molecule has 1 aliphatic carbocycles. The molecule has 2 aliphatic rings. The average Bonchev–Trinajstić information content (AvgIpc) is 3.03. The number of rotatable bonds is 6. The van der Waals surface area contributed by atoms with Crippen LogP contribution < -0.4 is 5.73 Å². The van der Waals surface area contributed by atoms with Gasteiger partial charge in [-0.3, -0.25) is 4.90 Å². The van der Waals surface area contributed by atoms with E-state index >= 15 is 0 Å². The van der Waals surface area contributed by atoms with Crippen molar-refractivity contribution in [1.29, 1.82) is 0 Å². The Morgan fingerprint density at radius 2 is 2.05 bits per heavy atom. The van der Waals surface area contributed by atoms with Crippen LogP contribution in [0.3, 0.4) is 0 Å². The van der Waals surface area contributed by atoms with Gasteiger partial charge in [0.15, 0.2) is 0 Å². The van der Waals surface area contributed by atoms with Crippen molar-refractivity contribution in [2.45, 2.75) is 57.9 Å². The van der Waals surface area contributed by atoms with Crippen LogP contribution in [0.4, 0.5) is 0 Å². The highest BCUT2D eigenvalue weighted by atomic mass is 16.3. The summed E-state index contributed by atoms with van der Waals surface area (Å²) in [6, 6.07) is 4.61. The van der Waals surface area contributed by atoms with E-state index in [4.69, 9.17) is 10.2 Å². The normalized spacial score (nSPS) is 28.7. The molecule has 1 aromatic rings. The Labute approximate surface area is 128 Å². The van der Waals surface area contributed by atoms with Crippen molar-refractivity contribution in [2.75, 3.05) is 19.6 Å². The zero-order valence-corrected chi connectivity index (χ0v) is 13.6. The summed E-state index contributed by atoms with van der Waals surface area (Å²) in [5.41, 5.74) is 6.06.